The van der Waals surface area contributed by atoms with Crippen LogP contribution in [0.4, 0.5) is 5.82 Å². The summed E-state index contributed by atoms with van der Waals surface area (Å²) >= 11 is 3.30. The van der Waals surface area contributed by atoms with E-state index in [0.29, 0.717) is 46.3 Å². The predicted molar refractivity (Wildman–Crippen MR) is 68.8 cm³/mol. The van der Waals surface area contributed by atoms with Gasteiger partial charge < -0.3 is 20.3 Å². The lowest BCUT2D eigenvalue weighted by Crippen LogP contribution is -2.15. The van der Waals surface area contributed by atoms with Gasteiger partial charge in [-0.2, -0.15) is 5.10 Å². The molecule has 0 saturated heterocycles. The van der Waals surface area contributed by atoms with E-state index in [4.69, 9.17) is 15.2 Å². The SMILES string of the molecule is Nc1cc(-c2cc3c(c(Br)c2O)OCCO3)[nH]n1. The van der Waals surface area contributed by atoms with Crippen molar-refractivity contribution in [3.63, 3.8) is 0 Å². The number of aromatic amines is 1. The van der Waals surface area contributed by atoms with Gasteiger partial charge in [-0.15, -0.1) is 0 Å². The highest BCUT2D eigenvalue weighted by molar-refractivity contribution is 9.10. The molecule has 3 rings (SSSR count). The molecule has 1 aliphatic rings. The van der Waals surface area contributed by atoms with Crippen molar-refractivity contribution < 1.29 is 14.6 Å². The first-order chi connectivity index (χ1) is 8.66. The average molecular weight is 312 g/mol. The number of aromatic nitrogens is 2. The molecule has 7 heteroatoms. The molecule has 0 fully saturated rings. The molecule has 94 valence electrons. The molecule has 2 aromatic rings. The number of hydrogen-bond donors (Lipinski definition) is 3. The van der Waals surface area contributed by atoms with Crippen LogP contribution in [0.25, 0.3) is 11.3 Å². The number of fused-ring (bicyclic) bond motifs is 1. The summed E-state index contributed by atoms with van der Waals surface area (Å²) in [6.07, 6.45) is 0. The first kappa shape index (κ1) is 11.2. The summed E-state index contributed by atoms with van der Waals surface area (Å²) < 4.78 is 11.4. The highest BCUT2D eigenvalue weighted by Crippen LogP contribution is 2.48. The molecule has 0 bridgehead atoms. The molecule has 0 radical (unpaired) electrons. The standard InChI is InChI=1S/C11H10BrN3O3/c12-9-10(16)5(6-4-8(13)15-14-6)3-7-11(9)18-2-1-17-7/h3-4,16H,1-2H2,(H3,13,14,15). The van der Waals surface area contributed by atoms with Crippen LogP contribution < -0.4 is 15.2 Å². The number of phenolic OH excluding ortho intramolecular Hbond substituents is 1. The van der Waals surface area contributed by atoms with Crippen LogP contribution in [-0.2, 0) is 0 Å². The second-order valence-electron chi connectivity index (χ2n) is 3.82. The van der Waals surface area contributed by atoms with Crippen LogP contribution in [0.2, 0.25) is 0 Å². The second kappa shape index (κ2) is 4.09. The van der Waals surface area contributed by atoms with Gasteiger partial charge in [-0.1, -0.05) is 0 Å². The molecule has 0 aliphatic carbocycles. The van der Waals surface area contributed by atoms with Gasteiger partial charge in [0.1, 0.15) is 29.3 Å². The normalized spacial score (nSPS) is 13.6. The molecule has 0 spiro atoms. The Morgan fingerprint density at radius 1 is 1.33 bits per heavy atom. The van der Waals surface area contributed by atoms with Crippen molar-refractivity contribution in [2.75, 3.05) is 18.9 Å². The van der Waals surface area contributed by atoms with Gasteiger partial charge in [0.05, 0.1) is 5.69 Å². The lowest BCUT2D eigenvalue weighted by Gasteiger charge is -2.21. The largest absolute Gasteiger partial charge is 0.506 e. The van der Waals surface area contributed by atoms with Gasteiger partial charge in [0.15, 0.2) is 11.5 Å². The van der Waals surface area contributed by atoms with Crippen molar-refractivity contribution in [1.29, 1.82) is 0 Å². The van der Waals surface area contributed by atoms with E-state index in [0.717, 1.165) is 0 Å². The van der Waals surface area contributed by atoms with Crippen LogP contribution in [0.1, 0.15) is 0 Å². The molecule has 0 amide bonds. The van der Waals surface area contributed by atoms with Crippen LogP contribution >= 0.6 is 15.9 Å². The molecule has 4 N–H and O–H groups in total. The van der Waals surface area contributed by atoms with Crippen molar-refractivity contribution in [3.8, 4) is 28.5 Å². The minimum Gasteiger partial charge on any atom is -0.506 e. The zero-order chi connectivity index (χ0) is 12.7. The number of nitrogens with two attached hydrogens (primary N) is 1. The van der Waals surface area contributed by atoms with Crippen LogP contribution in [-0.4, -0.2) is 28.5 Å². The van der Waals surface area contributed by atoms with Gasteiger partial charge in [0.2, 0.25) is 0 Å². The number of anilines is 1. The van der Waals surface area contributed by atoms with Gasteiger partial charge in [-0.05, 0) is 22.0 Å². The van der Waals surface area contributed by atoms with E-state index in [1.165, 1.54) is 0 Å². The van der Waals surface area contributed by atoms with Crippen LogP contribution in [0, 0.1) is 0 Å². The summed E-state index contributed by atoms with van der Waals surface area (Å²) in [5, 5.41) is 16.7. The highest BCUT2D eigenvalue weighted by Gasteiger charge is 2.22. The number of H-pyrrole nitrogens is 1. The van der Waals surface area contributed by atoms with E-state index in [1.807, 2.05) is 0 Å². The third-order valence-corrected chi connectivity index (χ3v) is 3.37. The quantitative estimate of drug-likeness (QED) is 0.748. The monoisotopic (exact) mass is 311 g/mol. The number of halogens is 1. The fourth-order valence-electron chi connectivity index (χ4n) is 1.82. The second-order valence-corrected chi connectivity index (χ2v) is 4.61. The zero-order valence-electron chi connectivity index (χ0n) is 9.24. The maximum Gasteiger partial charge on any atom is 0.179 e. The summed E-state index contributed by atoms with van der Waals surface area (Å²) in [6, 6.07) is 3.33. The van der Waals surface area contributed by atoms with Crippen LogP contribution in [0.15, 0.2) is 16.6 Å². The van der Waals surface area contributed by atoms with Crippen molar-refractivity contribution >= 4 is 21.7 Å². The molecule has 1 aromatic heterocycles. The summed E-state index contributed by atoms with van der Waals surface area (Å²) in [7, 11) is 0. The lowest BCUT2D eigenvalue weighted by molar-refractivity contribution is 0.169. The number of nitrogen functional groups attached to an aromatic ring is 1. The van der Waals surface area contributed by atoms with E-state index in [1.54, 1.807) is 12.1 Å². The molecule has 0 saturated carbocycles. The van der Waals surface area contributed by atoms with Crippen molar-refractivity contribution in [2.45, 2.75) is 0 Å². The van der Waals surface area contributed by atoms with Gasteiger partial charge in [-0.25, -0.2) is 0 Å². The number of benzene rings is 1. The highest BCUT2D eigenvalue weighted by atomic mass is 79.9. The van der Waals surface area contributed by atoms with E-state index in [2.05, 4.69) is 26.1 Å². The van der Waals surface area contributed by atoms with Crippen LogP contribution in [0.3, 0.4) is 0 Å². The zero-order valence-corrected chi connectivity index (χ0v) is 10.8. The summed E-state index contributed by atoms with van der Waals surface area (Å²) in [4.78, 5) is 0. The van der Waals surface area contributed by atoms with Gasteiger partial charge in [0, 0.05) is 11.6 Å². The molecule has 2 heterocycles. The molecule has 0 atom stereocenters. The van der Waals surface area contributed by atoms with Crippen molar-refractivity contribution in [2.24, 2.45) is 0 Å². The van der Waals surface area contributed by atoms with Crippen LogP contribution in [0.5, 0.6) is 17.2 Å². The Labute approximate surface area is 111 Å². The molecule has 1 aliphatic heterocycles. The van der Waals surface area contributed by atoms with E-state index < -0.39 is 0 Å². The number of ether oxygens (including phenoxy) is 2. The molecular formula is C11H10BrN3O3. The molecular weight excluding hydrogens is 302 g/mol. The number of rotatable bonds is 1. The Morgan fingerprint density at radius 2 is 2.11 bits per heavy atom. The fraction of sp³-hybridized carbons (Fsp3) is 0.182. The Hall–Kier alpha value is -1.89. The topological polar surface area (TPSA) is 93.4 Å². The van der Waals surface area contributed by atoms with Gasteiger partial charge in [-0.3, -0.25) is 5.10 Å². The third-order valence-electron chi connectivity index (χ3n) is 2.64. The Kier molecular flexibility index (Phi) is 2.55. The number of hydrogen-bond acceptors (Lipinski definition) is 5. The predicted octanol–water partition coefficient (Wildman–Crippen LogP) is 1.90. The third kappa shape index (κ3) is 1.67. The average Bonchev–Trinajstić information content (AvgIpc) is 2.80. The maximum atomic E-state index is 10.1. The number of aromatic hydroxyl groups is 1. The first-order valence-electron chi connectivity index (χ1n) is 5.29. The molecule has 18 heavy (non-hydrogen) atoms. The van der Waals surface area contributed by atoms with Gasteiger partial charge in [0.25, 0.3) is 0 Å². The number of nitrogens with zero attached hydrogens (tertiary/aromatic N) is 1. The number of phenols is 1. The van der Waals surface area contributed by atoms with Gasteiger partial charge >= 0.3 is 0 Å². The Morgan fingerprint density at radius 3 is 2.83 bits per heavy atom. The molecule has 1 aromatic carbocycles. The Bertz CT molecular complexity index is 612. The fourth-order valence-corrected chi connectivity index (χ4v) is 2.34. The maximum absolute atomic E-state index is 10.1. The summed E-state index contributed by atoms with van der Waals surface area (Å²) in [5.41, 5.74) is 6.72. The summed E-state index contributed by atoms with van der Waals surface area (Å²) in [5.74, 6) is 1.50. The number of nitrogens with one attached hydrogen (secondary N) is 1. The van der Waals surface area contributed by atoms with E-state index >= 15 is 0 Å². The van der Waals surface area contributed by atoms with Crippen molar-refractivity contribution in [3.05, 3.63) is 16.6 Å². The van der Waals surface area contributed by atoms with Crippen molar-refractivity contribution in [1.82, 2.24) is 10.2 Å². The first-order valence-corrected chi connectivity index (χ1v) is 6.08. The lowest BCUT2D eigenvalue weighted by atomic mass is 10.1. The minimum absolute atomic E-state index is 0.0582. The summed E-state index contributed by atoms with van der Waals surface area (Å²) in [6.45, 7) is 0.941. The van der Waals surface area contributed by atoms with E-state index in [9.17, 15) is 5.11 Å². The molecule has 0 unspecified atom stereocenters. The molecule has 6 nitrogen and oxygen atoms in total. The Balaban J connectivity index is 2.18. The smallest absolute Gasteiger partial charge is 0.179 e. The van der Waals surface area contributed by atoms with E-state index in [-0.39, 0.29) is 5.75 Å². The minimum atomic E-state index is 0.0582.